The number of guanidine groups is 1. The van der Waals surface area contributed by atoms with E-state index in [1.165, 1.54) is 0 Å². The molecule has 0 unspecified atom stereocenters. The van der Waals surface area contributed by atoms with E-state index in [0.717, 1.165) is 41.8 Å². The van der Waals surface area contributed by atoms with Gasteiger partial charge >= 0.3 is 0 Å². The number of benzene rings is 4. The van der Waals surface area contributed by atoms with Crippen LogP contribution in [0, 0.1) is 0 Å². The summed E-state index contributed by atoms with van der Waals surface area (Å²) in [6, 6.07) is 38.6. The minimum Gasteiger partial charge on any atom is -1.00 e. The second-order valence-corrected chi connectivity index (χ2v) is 7.27. The first-order valence-corrected chi connectivity index (χ1v) is 21.1. The van der Waals surface area contributed by atoms with Gasteiger partial charge in [0.15, 0.2) is 5.96 Å². The minimum atomic E-state index is 0. The van der Waals surface area contributed by atoms with E-state index < -0.39 is 0 Å². The molecule has 46 heavy (non-hydrogen) atoms. The Balaban J connectivity index is -0.000000151. The van der Waals surface area contributed by atoms with Gasteiger partial charge in [0.25, 0.3) is 0 Å². The summed E-state index contributed by atoms with van der Waals surface area (Å²) in [7, 11) is 0. The predicted octanol–water partition coefficient (Wildman–Crippen LogP) is 8.40. The molecule has 0 aliphatic carbocycles. The first kappa shape index (κ1) is 53.7. The molecule has 0 spiro atoms. The number of hydrogen-bond donors (Lipinski definition) is 3. The molecule has 0 atom stereocenters. The number of aliphatic imine (C=N–C) groups is 2. The van der Waals surface area contributed by atoms with E-state index >= 15 is 0 Å². The van der Waals surface area contributed by atoms with Crippen LogP contribution in [0.1, 0.15) is 41.5 Å². The summed E-state index contributed by atoms with van der Waals surface area (Å²) in [4.78, 5) is 8.07. The number of halogens is 3. The monoisotopic (exact) mass is 1020 g/mol. The third-order valence-electron chi connectivity index (χ3n) is 4.34. The van der Waals surface area contributed by atoms with Gasteiger partial charge in [0.05, 0.1) is 17.9 Å². The van der Waals surface area contributed by atoms with E-state index in [2.05, 4.69) is 87.1 Å². The Morgan fingerprint density at radius 2 is 1.13 bits per heavy atom. The molecule has 0 fully saturated rings. The molecule has 5 rings (SSSR count). The summed E-state index contributed by atoms with van der Waals surface area (Å²) in [5.74, 6) is 3.34. The van der Waals surface area contributed by atoms with Crippen LogP contribution in [0.5, 0.6) is 0 Å². The van der Waals surface area contributed by atoms with Crippen LogP contribution < -0.4 is 40.3 Å². The van der Waals surface area contributed by atoms with E-state index in [-0.39, 0.29) is 42.5 Å². The average molecular weight is 1020 g/mol. The van der Waals surface area contributed by atoms with Crippen molar-refractivity contribution in [1.82, 2.24) is 5.32 Å². The van der Waals surface area contributed by atoms with Crippen LogP contribution in [-0.4, -0.2) is 24.9 Å². The van der Waals surface area contributed by atoms with Crippen LogP contribution in [0.3, 0.4) is 0 Å². The third-order valence-corrected chi connectivity index (χ3v) is 4.55. The summed E-state index contributed by atoms with van der Waals surface area (Å²) >= 11 is 8.68. The van der Waals surface area contributed by atoms with Gasteiger partial charge in [0, 0.05) is 86.1 Å². The van der Waals surface area contributed by atoms with Crippen LogP contribution in [0.15, 0.2) is 142 Å². The van der Waals surface area contributed by atoms with Crippen molar-refractivity contribution in [3.05, 3.63) is 128 Å². The number of anilines is 2. The molecule has 251 valence electrons. The van der Waals surface area contributed by atoms with Gasteiger partial charge in [0.2, 0.25) is 0 Å². The quantitative estimate of drug-likeness (QED) is 0.109. The maximum Gasteiger partial charge on any atom is 0.195 e. The molecule has 1 aliphatic rings. The van der Waals surface area contributed by atoms with Crippen molar-refractivity contribution >= 4 is 84.2 Å². The summed E-state index contributed by atoms with van der Waals surface area (Å²) in [5.41, 5.74) is 9.00. The van der Waals surface area contributed by atoms with E-state index in [9.17, 15) is 0 Å². The average Bonchev–Trinajstić information content (AvgIpc) is 3.64. The first-order chi connectivity index (χ1) is 21.7. The molecular weight excluding hydrogens is 968 g/mol. The van der Waals surface area contributed by atoms with Gasteiger partial charge in [-0.2, -0.15) is 4.36 Å². The van der Waals surface area contributed by atoms with Gasteiger partial charge in [0.1, 0.15) is 0 Å². The Kier molecular flexibility index (Phi) is 52.9. The van der Waals surface area contributed by atoms with E-state index in [1.807, 2.05) is 163 Å². The summed E-state index contributed by atoms with van der Waals surface area (Å²) in [6.45, 7) is 17.2. The number of nitrogen functional groups attached to an aromatic ring is 1. The van der Waals surface area contributed by atoms with E-state index in [1.54, 1.807) is 0 Å². The standard InChI is InChI=1S/C9H11N3.C8H7N.C6H5NS.C6H7N.3C2H6.I2.HI.V/c1-2-4-8(5-3-1)12-9-10-6-7-11-9;1-2-9-8-6-4-3-5-7-8;8-7-6-4-2-1-3-5-6;7-6-4-2-1-3-5-6;4*1-2;;/h1-5H,6-7H2,(H2,10,11,12);3-7H,1H2;1-5H;1-5H,7H2;3*1-2H3;;1H;/p-1. The zero-order valence-corrected chi connectivity index (χ0v) is 36.3. The molecule has 0 aromatic heterocycles. The number of para-hydroxylation sites is 3. The van der Waals surface area contributed by atoms with Crippen molar-refractivity contribution in [2.24, 2.45) is 14.3 Å². The van der Waals surface area contributed by atoms with Gasteiger partial charge in [-0.3, -0.25) is 4.99 Å². The molecule has 0 saturated carbocycles. The largest absolute Gasteiger partial charge is 1.00 e. The number of nitrogens with one attached hydrogen (secondary N) is 2. The number of nitrogens with two attached hydrogens (primary N) is 1. The first-order valence-electron chi connectivity index (χ1n) is 14.4. The van der Waals surface area contributed by atoms with Crippen LogP contribution in [-0.2, 0) is 31.0 Å². The van der Waals surface area contributed by atoms with Crippen LogP contribution >= 0.6 is 37.2 Å². The molecule has 4 N–H and O–H groups in total. The number of nitrogens with zero attached hydrogens (tertiary/aromatic N) is 3. The van der Waals surface area contributed by atoms with Crippen LogP contribution in [0.4, 0.5) is 22.7 Å². The Morgan fingerprint density at radius 3 is 1.43 bits per heavy atom. The van der Waals surface area contributed by atoms with Crippen molar-refractivity contribution in [3.8, 4) is 0 Å². The van der Waals surface area contributed by atoms with Gasteiger partial charge in [-0.25, -0.2) is 4.99 Å². The zero-order chi connectivity index (χ0) is 33.7. The fourth-order valence-corrected chi connectivity index (χ4v) is 2.80. The van der Waals surface area contributed by atoms with Crippen molar-refractivity contribution in [2.75, 3.05) is 24.1 Å². The van der Waals surface area contributed by atoms with Crippen molar-refractivity contribution in [2.45, 2.75) is 41.5 Å². The Hall–Kier alpha value is -1.81. The smallest absolute Gasteiger partial charge is 0.195 e. The molecule has 11 heteroatoms. The van der Waals surface area contributed by atoms with Gasteiger partial charge in [-0.1, -0.05) is 114 Å². The molecule has 0 bridgehead atoms. The molecule has 1 aliphatic heterocycles. The van der Waals surface area contributed by atoms with Crippen molar-refractivity contribution < 1.29 is 42.5 Å². The van der Waals surface area contributed by atoms with E-state index in [4.69, 9.17) is 5.73 Å². The fourth-order valence-electron chi connectivity index (χ4n) is 2.68. The number of hydrogen-bond acceptors (Lipinski definition) is 7. The third kappa shape index (κ3) is 33.6. The van der Waals surface area contributed by atoms with Crippen LogP contribution in [0.25, 0.3) is 0 Å². The predicted molar refractivity (Wildman–Crippen MR) is 218 cm³/mol. The van der Waals surface area contributed by atoms with Crippen molar-refractivity contribution in [1.29, 1.82) is 0 Å². The fraction of sp³-hybridized carbons (Fsp3) is 0.229. The molecule has 1 heterocycles. The topological polar surface area (TPSA) is 87.2 Å². The summed E-state index contributed by atoms with van der Waals surface area (Å²) < 4.78 is 3.55. The second-order valence-electron chi connectivity index (χ2n) is 7.09. The van der Waals surface area contributed by atoms with Crippen LogP contribution in [0.2, 0.25) is 0 Å². The number of rotatable bonds is 3. The molecule has 0 amide bonds. The van der Waals surface area contributed by atoms with Gasteiger partial charge in [-0.05, 0) is 61.0 Å². The van der Waals surface area contributed by atoms with Gasteiger partial charge < -0.3 is 40.3 Å². The van der Waals surface area contributed by atoms with E-state index in [0.29, 0.717) is 0 Å². The Morgan fingerprint density at radius 1 is 0.739 bits per heavy atom. The maximum absolute atomic E-state index is 5.36. The molecule has 0 saturated heterocycles. The van der Waals surface area contributed by atoms with Crippen molar-refractivity contribution in [3.63, 3.8) is 0 Å². The molecule has 6 nitrogen and oxygen atoms in total. The molecule has 1 radical (unpaired) electrons. The Labute approximate surface area is 336 Å². The summed E-state index contributed by atoms with van der Waals surface area (Å²) in [5, 5.41) is 6.32. The Bertz CT molecular complexity index is 1220. The molecular formula is C35H48I3N6SV-. The minimum absolute atomic E-state index is 0. The summed E-state index contributed by atoms with van der Waals surface area (Å²) in [6.07, 6.45) is 0. The molecule has 4 aromatic carbocycles. The maximum atomic E-state index is 5.36. The SMILES string of the molecule is C=C=Nc1ccccc1.CC.CC.CC.II.Nc1ccccc1.S=Nc1ccccc1.[I-].[V].c1ccc(NC2=NCCN2)cc1. The normalized spacial score (nSPS) is 8.83. The zero-order valence-electron chi connectivity index (χ0n) is 27.6. The second kappa shape index (κ2) is 45.3. The molecule has 4 aromatic rings. The van der Waals surface area contributed by atoms with Gasteiger partial charge in [-0.15, -0.1) is 0 Å².